The third-order valence-corrected chi connectivity index (χ3v) is 6.37. The van der Waals surface area contributed by atoms with Crippen LogP contribution in [-0.4, -0.2) is 41.0 Å². The van der Waals surface area contributed by atoms with Gasteiger partial charge in [0.2, 0.25) is 5.91 Å². The number of nitrogens with zero attached hydrogens (tertiary/aromatic N) is 2. The summed E-state index contributed by atoms with van der Waals surface area (Å²) >= 11 is 6.58. The topological polar surface area (TPSA) is 51.5 Å². The van der Waals surface area contributed by atoms with Gasteiger partial charge in [-0.1, -0.05) is 29.8 Å². The zero-order chi connectivity index (χ0) is 22.7. The molecule has 0 saturated carbocycles. The fraction of sp³-hybridized carbons (Fsp3) is 0.308. The number of piperidine rings is 1. The second-order valence-electron chi connectivity index (χ2n) is 8.09. The van der Waals surface area contributed by atoms with Crippen molar-refractivity contribution in [2.45, 2.75) is 19.8 Å². The Kier molecular flexibility index (Phi) is 6.66. The van der Waals surface area contributed by atoms with Crippen molar-refractivity contribution in [3.8, 4) is 11.1 Å². The zero-order valence-corrected chi connectivity index (χ0v) is 19.1. The van der Waals surface area contributed by atoms with Gasteiger partial charge in [0.1, 0.15) is 0 Å². The number of benzene rings is 2. The highest BCUT2D eigenvalue weighted by molar-refractivity contribution is 6.33. The number of halogens is 1. The molecule has 1 aliphatic rings. The van der Waals surface area contributed by atoms with Gasteiger partial charge in [-0.15, -0.1) is 0 Å². The van der Waals surface area contributed by atoms with Crippen molar-refractivity contribution in [3.05, 3.63) is 65.3 Å². The van der Waals surface area contributed by atoms with E-state index in [-0.39, 0.29) is 17.8 Å². The molecular weight excluding hydrogens is 424 g/mol. The minimum atomic E-state index is -0.158. The largest absolute Gasteiger partial charge is 0.466 e. The average Bonchev–Trinajstić information content (AvgIpc) is 3.17. The van der Waals surface area contributed by atoms with Crippen LogP contribution in [0.3, 0.4) is 0 Å². The molecule has 2 heterocycles. The van der Waals surface area contributed by atoms with Crippen molar-refractivity contribution in [2.24, 2.45) is 13.0 Å². The third-order valence-electron chi connectivity index (χ3n) is 6.05. The maximum Gasteiger partial charge on any atom is 0.309 e. The van der Waals surface area contributed by atoms with E-state index in [2.05, 4.69) is 28.8 Å². The summed E-state index contributed by atoms with van der Waals surface area (Å²) in [6.45, 7) is 3.31. The van der Waals surface area contributed by atoms with E-state index in [0.29, 0.717) is 37.6 Å². The molecule has 3 aromatic rings. The van der Waals surface area contributed by atoms with E-state index >= 15 is 0 Å². The van der Waals surface area contributed by atoms with E-state index in [1.54, 1.807) is 11.0 Å². The molecule has 6 heteroatoms. The number of carbonyl (C=O) groups is 2. The number of aryl methyl sites for hydroxylation is 1. The molecule has 0 spiro atoms. The van der Waals surface area contributed by atoms with Crippen LogP contribution in [0.1, 0.15) is 25.3 Å². The molecule has 1 fully saturated rings. The first-order chi connectivity index (χ1) is 15.5. The minimum absolute atomic E-state index is 0.0586. The number of fused-ring (bicyclic) bond motifs is 1. The molecule has 166 valence electrons. The van der Waals surface area contributed by atoms with Gasteiger partial charge in [0.25, 0.3) is 0 Å². The lowest BCUT2D eigenvalue weighted by Crippen LogP contribution is -2.39. The second kappa shape index (κ2) is 9.61. The molecule has 1 aliphatic heterocycles. The van der Waals surface area contributed by atoms with Crippen LogP contribution in [0.5, 0.6) is 0 Å². The summed E-state index contributed by atoms with van der Waals surface area (Å²) in [5.41, 5.74) is 3.96. The number of hydrogen-bond acceptors (Lipinski definition) is 3. The molecule has 2 aromatic carbocycles. The molecule has 32 heavy (non-hydrogen) atoms. The lowest BCUT2D eigenvalue weighted by molar-refractivity contribution is -0.150. The van der Waals surface area contributed by atoms with Gasteiger partial charge < -0.3 is 14.2 Å². The van der Waals surface area contributed by atoms with E-state index in [4.69, 9.17) is 16.3 Å². The van der Waals surface area contributed by atoms with E-state index in [1.807, 2.05) is 44.4 Å². The van der Waals surface area contributed by atoms with Gasteiger partial charge in [-0.2, -0.15) is 0 Å². The number of aromatic nitrogens is 1. The van der Waals surface area contributed by atoms with Gasteiger partial charge in [-0.3, -0.25) is 9.59 Å². The van der Waals surface area contributed by atoms with Gasteiger partial charge in [0.05, 0.1) is 12.5 Å². The van der Waals surface area contributed by atoms with E-state index in [9.17, 15) is 9.59 Å². The first kappa shape index (κ1) is 22.2. The van der Waals surface area contributed by atoms with Crippen molar-refractivity contribution < 1.29 is 14.3 Å². The minimum Gasteiger partial charge on any atom is -0.466 e. The molecule has 0 atom stereocenters. The maximum atomic E-state index is 12.8. The van der Waals surface area contributed by atoms with Crippen molar-refractivity contribution in [1.29, 1.82) is 0 Å². The van der Waals surface area contributed by atoms with Crippen molar-refractivity contribution in [2.75, 3.05) is 19.7 Å². The summed E-state index contributed by atoms with van der Waals surface area (Å²) in [6.07, 6.45) is 6.73. The van der Waals surface area contributed by atoms with Gasteiger partial charge in [0, 0.05) is 53.9 Å². The quantitative estimate of drug-likeness (QED) is 0.391. The normalized spacial score (nSPS) is 14.9. The SMILES string of the molecule is CCOC(=O)C1CCN(C(=O)C=Cc2cccc(Cl)c2-c2ccc3c(ccn3C)c2)CC1. The predicted octanol–water partition coefficient (Wildman–Crippen LogP) is 5.31. The van der Waals surface area contributed by atoms with Crippen LogP contribution in [0, 0.1) is 5.92 Å². The van der Waals surface area contributed by atoms with Crippen LogP contribution in [-0.2, 0) is 21.4 Å². The molecule has 0 bridgehead atoms. The lowest BCUT2D eigenvalue weighted by atomic mass is 9.96. The molecule has 1 saturated heterocycles. The van der Waals surface area contributed by atoms with Crippen molar-refractivity contribution in [3.63, 3.8) is 0 Å². The zero-order valence-electron chi connectivity index (χ0n) is 18.4. The fourth-order valence-corrected chi connectivity index (χ4v) is 4.57. The molecular formula is C26H27ClN2O3. The van der Waals surface area contributed by atoms with Crippen molar-refractivity contribution >= 4 is 40.5 Å². The number of esters is 1. The first-order valence-corrected chi connectivity index (χ1v) is 11.3. The Balaban J connectivity index is 1.51. The third kappa shape index (κ3) is 4.58. The Morgan fingerprint density at radius 3 is 2.69 bits per heavy atom. The lowest BCUT2D eigenvalue weighted by Gasteiger charge is -2.30. The average molecular weight is 451 g/mol. The van der Waals surface area contributed by atoms with Crippen LogP contribution in [0.15, 0.2) is 54.7 Å². The van der Waals surface area contributed by atoms with Gasteiger partial charge in [-0.05, 0) is 61.2 Å². The Morgan fingerprint density at radius 2 is 1.94 bits per heavy atom. The summed E-state index contributed by atoms with van der Waals surface area (Å²) in [5, 5.41) is 1.78. The summed E-state index contributed by atoms with van der Waals surface area (Å²) in [4.78, 5) is 26.5. The maximum absolute atomic E-state index is 12.8. The molecule has 0 radical (unpaired) electrons. The standard InChI is InChI=1S/C26H27ClN2O3/c1-3-32-26(31)19-12-15-29(16-13-19)24(30)10-8-18-5-4-6-22(27)25(18)21-7-9-23-20(17-21)11-14-28(23)2/h4-11,14,17,19H,3,12-13,15-16H2,1-2H3. The summed E-state index contributed by atoms with van der Waals surface area (Å²) < 4.78 is 7.19. The number of ether oxygens (including phenoxy) is 1. The van der Waals surface area contributed by atoms with Crippen LogP contribution in [0.25, 0.3) is 28.1 Å². The van der Waals surface area contributed by atoms with Crippen molar-refractivity contribution in [1.82, 2.24) is 9.47 Å². The molecule has 1 amide bonds. The Bertz CT molecular complexity index is 1170. The summed E-state index contributed by atoms with van der Waals surface area (Å²) in [5.74, 6) is -0.332. The molecule has 4 rings (SSSR count). The predicted molar refractivity (Wildman–Crippen MR) is 128 cm³/mol. The number of rotatable bonds is 5. The fourth-order valence-electron chi connectivity index (χ4n) is 4.28. The van der Waals surface area contributed by atoms with Gasteiger partial charge in [-0.25, -0.2) is 0 Å². The molecule has 0 unspecified atom stereocenters. The van der Waals surface area contributed by atoms with E-state index in [0.717, 1.165) is 27.6 Å². The monoisotopic (exact) mass is 450 g/mol. The molecule has 5 nitrogen and oxygen atoms in total. The Morgan fingerprint density at radius 1 is 1.16 bits per heavy atom. The number of amides is 1. The van der Waals surface area contributed by atoms with Crippen LogP contribution < -0.4 is 0 Å². The summed E-state index contributed by atoms with van der Waals surface area (Å²) in [6, 6.07) is 14.1. The van der Waals surface area contributed by atoms with E-state index < -0.39 is 0 Å². The molecule has 0 N–H and O–H groups in total. The number of likely N-dealkylation sites (tertiary alicyclic amines) is 1. The van der Waals surface area contributed by atoms with Gasteiger partial charge in [0.15, 0.2) is 0 Å². The summed E-state index contributed by atoms with van der Waals surface area (Å²) in [7, 11) is 2.02. The number of hydrogen-bond donors (Lipinski definition) is 0. The highest BCUT2D eigenvalue weighted by atomic mass is 35.5. The number of carbonyl (C=O) groups excluding carboxylic acids is 2. The highest BCUT2D eigenvalue weighted by Gasteiger charge is 2.27. The molecule has 1 aromatic heterocycles. The van der Waals surface area contributed by atoms with Crippen LogP contribution >= 0.6 is 11.6 Å². The highest BCUT2D eigenvalue weighted by Crippen LogP contribution is 2.34. The molecule has 0 aliphatic carbocycles. The smallest absolute Gasteiger partial charge is 0.309 e. The first-order valence-electron chi connectivity index (χ1n) is 11.0. The van der Waals surface area contributed by atoms with Crippen LogP contribution in [0.4, 0.5) is 0 Å². The van der Waals surface area contributed by atoms with Crippen LogP contribution in [0.2, 0.25) is 5.02 Å². The van der Waals surface area contributed by atoms with E-state index in [1.165, 1.54) is 0 Å². The Hall–Kier alpha value is -3.05. The second-order valence-corrected chi connectivity index (χ2v) is 8.50. The Labute approximate surface area is 193 Å². The van der Waals surface area contributed by atoms with Gasteiger partial charge >= 0.3 is 5.97 Å².